The average molecular weight is 275 g/mol. The second-order valence-electron chi connectivity index (χ2n) is 5.90. The van der Waals surface area contributed by atoms with Crippen LogP contribution in [0.2, 0.25) is 0 Å². The number of carbonyl (C=O) groups is 1. The zero-order valence-electron chi connectivity index (χ0n) is 12.8. The molecule has 1 aromatic carbocycles. The van der Waals surface area contributed by atoms with Crippen molar-refractivity contribution in [1.29, 1.82) is 0 Å². The normalized spacial score (nSPS) is 20.1. The number of benzene rings is 1. The van der Waals surface area contributed by atoms with Crippen molar-refractivity contribution in [3.05, 3.63) is 35.4 Å². The van der Waals surface area contributed by atoms with Crippen molar-refractivity contribution in [3.63, 3.8) is 0 Å². The topological polar surface area (TPSA) is 29.5 Å². The van der Waals surface area contributed by atoms with Gasteiger partial charge in [0.1, 0.15) is 6.04 Å². The van der Waals surface area contributed by atoms with Crippen LogP contribution < -0.4 is 0 Å². The van der Waals surface area contributed by atoms with Gasteiger partial charge in [-0.1, -0.05) is 44.5 Å². The van der Waals surface area contributed by atoms with Crippen LogP contribution in [0.5, 0.6) is 0 Å². The number of hydrogen-bond donors (Lipinski definition) is 0. The molecular weight excluding hydrogens is 250 g/mol. The lowest BCUT2D eigenvalue weighted by Gasteiger charge is -2.33. The van der Waals surface area contributed by atoms with Gasteiger partial charge in [-0.2, -0.15) is 0 Å². The van der Waals surface area contributed by atoms with Crippen LogP contribution in [0, 0.1) is 0 Å². The fourth-order valence-electron chi connectivity index (χ4n) is 2.83. The molecule has 1 heterocycles. The summed E-state index contributed by atoms with van der Waals surface area (Å²) in [5.41, 5.74) is 2.63. The molecule has 20 heavy (non-hydrogen) atoms. The molecule has 110 valence electrons. The van der Waals surface area contributed by atoms with Crippen molar-refractivity contribution in [2.45, 2.75) is 51.6 Å². The van der Waals surface area contributed by atoms with Gasteiger partial charge in [0.05, 0.1) is 7.11 Å². The maximum Gasteiger partial charge on any atom is 0.323 e. The molecule has 3 heteroatoms. The lowest BCUT2D eigenvalue weighted by molar-refractivity contribution is -0.148. The van der Waals surface area contributed by atoms with E-state index >= 15 is 0 Å². The SMILES string of the molecule is COC(=O)C1CCCCN1Cc1ccc(C(C)C)cc1. The molecule has 1 aliphatic heterocycles. The number of ether oxygens (including phenoxy) is 1. The Hall–Kier alpha value is -1.35. The maximum atomic E-state index is 11.8. The fourth-order valence-corrected chi connectivity index (χ4v) is 2.83. The van der Waals surface area contributed by atoms with Crippen molar-refractivity contribution < 1.29 is 9.53 Å². The molecule has 1 aliphatic rings. The van der Waals surface area contributed by atoms with Crippen molar-refractivity contribution in [2.75, 3.05) is 13.7 Å². The monoisotopic (exact) mass is 275 g/mol. The Morgan fingerprint density at radius 3 is 2.60 bits per heavy atom. The highest BCUT2D eigenvalue weighted by Crippen LogP contribution is 2.22. The molecule has 3 nitrogen and oxygen atoms in total. The Morgan fingerprint density at radius 2 is 2.00 bits per heavy atom. The van der Waals surface area contributed by atoms with E-state index in [0.717, 1.165) is 32.4 Å². The van der Waals surface area contributed by atoms with Gasteiger partial charge >= 0.3 is 5.97 Å². The van der Waals surface area contributed by atoms with Gasteiger partial charge in [0, 0.05) is 6.54 Å². The lowest BCUT2D eigenvalue weighted by atomic mass is 9.99. The van der Waals surface area contributed by atoms with Crippen molar-refractivity contribution in [2.24, 2.45) is 0 Å². The summed E-state index contributed by atoms with van der Waals surface area (Å²) >= 11 is 0. The quantitative estimate of drug-likeness (QED) is 0.789. The van der Waals surface area contributed by atoms with E-state index in [1.54, 1.807) is 0 Å². The van der Waals surface area contributed by atoms with Crippen LogP contribution in [-0.2, 0) is 16.1 Å². The molecule has 0 N–H and O–H groups in total. The van der Waals surface area contributed by atoms with Crippen LogP contribution in [0.25, 0.3) is 0 Å². The van der Waals surface area contributed by atoms with Crippen LogP contribution in [0.4, 0.5) is 0 Å². The Labute approximate surface area is 121 Å². The highest BCUT2D eigenvalue weighted by atomic mass is 16.5. The molecule has 0 bridgehead atoms. The van der Waals surface area contributed by atoms with Crippen LogP contribution in [0.1, 0.15) is 50.2 Å². The summed E-state index contributed by atoms with van der Waals surface area (Å²) in [6, 6.07) is 8.67. The number of esters is 1. The maximum absolute atomic E-state index is 11.8. The van der Waals surface area contributed by atoms with Gasteiger partial charge in [0.2, 0.25) is 0 Å². The molecule has 1 unspecified atom stereocenters. The molecular formula is C17H25NO2. The molecule has 0 aromatic heterocycles. The summed E-state index contributed by atoms with van der Waals surface area (Å²) < 4.78 is 4.93. The van der Waals surface area contributed by atoms with Gasteiger partial charge in [0.15, 0.2) is 0 Å². The molecule has 0 aliphatic carbocycles. The van der Waals surface area contributed by atoms with E-state index in [-0.39, 0.29) is 12.0 Å². The molecule has 0 spiro atoms. The van der Waals surface area contributed by atoms with Gasteiger partial charge in [0.25, 0.3) is 0 Å². The minimum atomic E-state index is -0.0940. The molecule has 2 rings (SSSR count). The first-order valence-electron chi connectivity index (χ1n) is 7.52. The van der Waals surface area contributed by atoms with E-state index in [4.69, 9.17) is 4.74 Å². The Kier molecular flexibility index (Phi) is 5.18. The molecule has 0 amide bonds. The van der Waals surface area contributed by atoms with Gasteiger partial charge in [-0.25, -0.2) is 0 Å². The highest BCUT2D eigenvalue weighted by molar-refractivity contribution is 5.75. The summed E-state index contributed by atoms with van der Waals surface area (Å²) in [5.74, 6) is 0.463. The number of carbonyl (C=O) groups excluding carboxylic acids is 1. The lowest BCUT2D eigenvalue weighted by Crippen LogP contribution is -2.44. The van der Waals surface area contributed by atoms with E-state index in [2.05, 4.69) is 43.0 Å². The van der Waals surface area contributed by atoms with Crippen molar-refractivity contribution in [3.8, 4) is 0 Å². The van der Waals surface area contributed by atoms with Gasteiger partial charge in [-0.3, -0.25) is 9.69 Å². The van der Waals surface area contributed by atoms with Crippen LogP contribution in [0.3, 0.4) is 0 Å². The number of rotatable bonds is 4. The second kappa shape index (κ2) is 6.89. The number of nitrogens with zero attached hydrogens (tertiary/aromatic N) is 1. The molecule has 1 aromatic rings. The third-order valence-corrected chi connectivity index (χ3v) is 4.12. The number of piperidine rings is 1. The molecule has 0 radical (unpaired) electrons. The minimum Gasteiger partial charge on any atom is -0.468 e. The Morgan fingerprint density at radius 1 is 1.30 bits per heavy atom. The number of likely N-dealkylation sites (tertiary alicyclic amines) is 1. The molecule has 1 fully saturated rings. The summed E-state index contributed by atoms with van der Waals surface area (Å²) in [6.07, 6.45) is 3.19. The molecule has 0 saturated carbocycles. The fraction of sp³-hybridized carbons (Fsp3) is 0.588. The van der Waals surface area contributed by atoms with E-state index in [1.807, 2.05) is 0 Å². The zero-order chi connectivity index (χ0) is 14.5. The van der Waals surface area contributed by atoms with Crippen molar-refractivity contribution >= 4 is 5.97 Å². The van der Waals surface area contributed by atoms with Gasteiger partial charge < -0.3 is 4.74 Å². The Bertz CT molecular complexity index is 439. The first-order valence-corrected chi connectivity index (χ1v) is 7.52. The van der Waals surface area contributed by atoms with Crippen molar-refractivity contribution in [1.82, 2.24) is 4.90 Å². The smallest absolute Gasteiger partial charge is 0.323 e. The highest BCUT2D eigenvalue weighted by Gasteiger charge is 2.29. The summed E-state index contributed by atoms with van der Waals surface area (Å²) in [7, 11) is 1.48. The second-order valence-corrected chi connectivity index (χ2v) is 5.90. The van der Waals surface area contributed by atoms with E-state index in [9.17, 15) is 4.79 Å². The third-order valence-electron chi connectivity index (χ3n) is 4.12. The minimum absolute atomic E-state index is 0.0708. The number of methoxy groups -OCH3 is 1. The zero-order valence-corrected chi connectivity index (χ0v) is 12.8. The van der Waals surface area contributed by atoms with E-state index in [0.29, 0.717) is 5.92 Å². The molecule has 1 atom stereocenters. The summed E-state index contributed by atoms with van der Waals surface area (Å²) in [4.78, 5) is 14.1. The standard InChI is InChI=1S/C17H25NO2/c1-13(2)15-9-7-14(8-10-15)12-18-11-5-4-6-16(18)17(19)20-3/h7-10,13,16H,4-6,11-12H2,1-3H3. The number of hydrogen-bond acceptors (Lipinski definition) is 3. The van der Waals surface area contributed by atoms with Gasteiger partial charge in [-0.15, -0.1) is 0 Å². The van der Waals surface area contributed by atoms with Gasteiger partial charge in [-0.05, 0) is 36.4 Å². The first kappa shape index (κ1) is 15.0. The predicted molar refractivity (Wildman–Crippen MR) is 80.6 cm³/mol. The summed E-state index contributed by atoms with van der Waals surface area (Å²) in [5, 5.41) is 0. The Balaban J connectivity index is 2.04. The molecule has 1 saturated heterocycles. The van der Waals surface area contributed by atoms with E-state index in [1.165, 1.54) is 18.2 Å². The third kappa shape index (κ3) is 3.60. The average Bonchev–Trinajstić information content (AvgIpc) is 2.47. The van der Waals surface area contributed by atoms with Crippen LogP contribution >= 0.6 is 0 Å². The first-order chi connectivity index (χ1) is 9.61. The summed E-state index contributed by atoms with van der Waals surface area (Å²) in [6.45, 7) is 6.21. The van der Waals surface area contributed by atoms with Crippen LogP contribution in [0.15, 0.2) is 24.3 Å². The largest absolute Gasteiger partial charge is 0.468 e. The van der Waals surface area contributed by atoms with E-state index < -0.39 is 0 Å². The predicted octanol–water partition coefficient (Wildman–Crippen LogP) is 3.34. The van der Waals surface area contributed by atoms with Crippen LogP contribution in [-0.4, -0.2) is 30.6 Å².